The molecule has 20 heavy (non-hydrogen) atoms. The number of halogens is 3. The molecular weight excluding hydrogens is 367 g/mol. The van der Waals surface area contributed by atoms with Crippen molar-refractivity contribution < 1.29 is 4.92 Å². The van der Waals surface area contributed by atoms with Gasteiger partial charge in [-0.2, -0.15) is 0 Å². The van der Waals surface area contributed by atoms with E-state index in [1.165, 1.54) is 12.1 Å². The van der Waals surface area contributed by atoms with Gasteiger partial charge in [0.25, 0.3) is 5.69 Å². The van der Waals surface area contributed by atoms with E-state index in [0.717, 1.165) is 15.7 Å². The zero-order valence-electron chi connectivity index (χ0n) is 10.1. The molecule has 104 valence electrons. The zero-order chi connectivity index (χ0) is 14.7. The van der Waals surface area contributed by atoms with E-state index in [1.54, 1.807) is 12.1 Å². The van der Waals surface area contributed by atoms with E-state index in [-0.39, 0.29) is 5.69 Å². The van der Waals surface area contributed by atoms with E-state index in [0.29, 0.717) is 16.6 Å². The average molecular weight is 376 g/mol. The molecule has 0 spiro atoms. The Morgan fingerprint density at radius 3 is 2.55 bits per heavy atom. The van der Waals surface area contributed by atoms with Crippen molar-refractivity contribution in [3.63, 3.8) is 0 Å². The number of non-ortho nitro benzene ring substituents is 1. The minimum absolute atomic E-state index is 0.0285. The van der Waals surface area contributed by atoms with Gasteiger partial charge in [0.2, 0.25) is 0 Å². The van der Waals surface area contributed by atoms with Crippen LogP contribution < -0.4 is 5.32 Å². The van der Waals surface area contributed by atoms with E-state index in [4.69, 9.17) is 23.2 Å². The Bertz CT molecular complexity index is 665. The predicted octanol–water partition coefficient (Wildman–Crippen LogP) is 5.28. The minimum atomic E-state index is -0.478. The molecule has 7 heteroatoms. The Balaban J connectivity index is 2.15. The van der Waals surface area contributed by atoms with E-state index >= 15 is 0 Å². The van der Waals surface area contributed by atoms with Gasteiger partial charge in [-0.1, -0.05) is 39.1 Å². The second-order valence-electron chi connectivity index (χ2n) is 4.01. The fourth-order valence-electron chi connectivity index (χ4n) is 1.62. The summed E-state index contributed by atoms with van der Waals surface area (Å²) in [6.45, 7) is 0.424. The van der Waals surface area contributed by atoms with E-state index in [1.807, 2.05) is 12.1 Å². The molecule has 0 aliphatic heterocycles. The van der Waals surface area contributed by atoms with E-state index in [2.05, 4.69) is 21.2 Å². The minimum Gasteiger partial charge on any atom is -0.380 e. The summed E-state index contributed by atoms with van der Waals surface area (Å²) in [7, 11) is 0. The van der Waals surface area contributed by atoms with Crippen LogP contribution in [0.4, 0.5) is 11.4 Å². The number of nitro benzene ring substituents is 1. The molecule has 0 saturated carbocycles. The third-order valence-corrected chi connectivity index (χ3v) is 3.82. The van der Waals surface area contributed by atoms with Crippen molar-refractivity contribution in [2.24, 2.45) is 0 Å². The number of hydrogen-bond acceptors (Lipinski definition) is 3. The van der Waals surface area contributed by atoms with Crippen LogP contribution in [0.25, 0.3) is 0 Å². The molecule has 0 unspecified atom stereocenters. The van der Waals surface area contributed by atoms with Crippen LogP contribution in [0.15, 0.2) is 40.9 Å². The molecule has 1 N–H and O–H groups in total. The monoisotopic (exact) mass is 374 g/mol. The molecule has 0 saturated heterocycles. The summed E-state index contributed by atoms with van der Waals surface area (Å²) in [5.74, 6) is 0. The van der Waals surface area contributed by atoms with Gasteiger partial charge in [-0.3, -0.25) is 10.1 Å². The van der Waals surface area contributed by atoms with Crippen LogP contribution in [0, 0.1) is 10.1 Å². The predicted molar refractivity (Wildman–Crippen MR) is 84.6 cm³/mol. The number of hydrogen-bond donors (Lipinski definition) is 1. The summed E-state index contributed by atoms with van der Waals surface area (Å²) in [5.41, 5.74) is 1.49. The molecule has 0 aliphatic rings. The van der Waals surface area contributed by atoms with E-state index in [9.17, 15) is 10.1 Å². The maximum Gasteiger partial charge on any atom is 0.270 e. The quantitative estimate of drug-likeness (QED) is 0.584. The van der Waals surface area contributed by atoms with Crippen LogP contribution in [0.2, 0.25) is 10.0 Å². The van der Waals surface area contributed by atoms with Crippen molar-refractivity contribution in [2.45, 2.75) is 6.54 Å². The highest BCUT2D eigenvalue weighted by Crippen LogP contribution is 2.28. The Morgan fingerprint density at radius 2 is 1.90 bits per heavy atom. The van der Waals surface area contributed by atoms with Gasteiger partial charge in [-0.05, 0) is 29.8 Å². The second-order valence-corrected chi connectivity index (χ2v) is 5.74. The second kappa shape index (κ2) is 6.43. The smallest absolute Gasteiger partial charge is 0.270 e. The van der Waals surface area contributed by atoms with Gasteiger partial charge < -0.3 is 5.32 Å². The summed E-state index contributed by atoms with van der Waals surface area (Å²) in [4.78, 5) is 10.2. The summed E-state index contributed by atoms with van der Waals surface area (Å²) >= 11 is 15.5. The molecule has 0 aliphatic carbocycles. The third-order valence-electron chi connectivity index (χ3n) is 2.65. The van der Waals surface area contributed by atoms with Crippen molar-refractivity contribution in [3.05, 3.63) is 66.6 Å². The molecule has 0 aromatic heterocycles. The molecule has 0 amide bonds. The number of rotatable bonds is 4. The van der Waals surface area contributed by atoms with Gasteiger partial charge >= 0.3 is 0 Å². The zero-order valence-corrected chi connectivity index (χ0v) is 13.2. The summed E-state index contributed by atoms with van der Waals surface area (Å²) < 4.78 is 0.902. The highest BCUT2D eigenvalue weighted by atomic mass is 79.9. The van der Waals surface area contributed by atoms with Gasteiger partial charge in [0.1, 0.15) is 0 Å². The van der Waals surface area contributed by atoms with Crippen LogP contribution >= 0.6 is 39.1 Å². The first-order valence-corrected chi connectivity index (χ1v) is 7.14. The van der Waals surface area contributed by atoms with Gasteiger partial charge in [0.15, 0.2) is 0 Å². The Morgan fingerprint density at radius 1 is 1.15 bits per heavy atom. The van der Waals surface area contributed by atoms with Crippen molar-refractivity contribution in [3.8, 4) is 0 Å². The van der Waals surface area contributed by atoms with Crippen LogP contribution in [-0.2, 0) is 6.54 Å². The molecule has 0 atom stereocenters. The lowest BCUT2D eigenvalue weighted by atomic mass is 10.2. The number of anilines is 1. The highest BCUT2D eigenvalue weighted by Gasteiger charge is 2.09. The maximum atomic E-state index is 10.6. The van der Waals surface area contributed by atoms with Crippen molar-refractivity contribution in [1.29, 1.82) is 0 Å². The first-order valence-electron chi connectivity index (χ1n) is 5.59. The molecule has 0 radical (unpaired) electrons. The first kappa shape index (κ1) is 15.1. The highest BCUT2D eigenvalue weighted by molar-refractivity contribution is 9.10. The maximum absolute atomic E-state index is 10.6. The number of nitrogens with one attached hydrogen (secondary N) is 1. The van der Waals surface area contributed by atoms with Crippen LogP contribution in [0.1, 0.15) is 5.56 Å². The van der Waals surface area contributed by atoms with Gasteiger partial charge in [-0.15, -0.1) is 0 Å². The number of nitro groups is 1. The van der Waals surface area contributed by atoms with Crippen LogP contribution in [0.3, 0.4) is 0 Å². The Labute approximate surface area is 134 Å². The molecule has 4 nitrogen and oxygen atoms in total. The van der Waals surface area contributed by atoms with Gasteiger partial charge in [0.05, 0.1) is 20.7 Å². The number of benzene rings is 2. The lowest BCUT2D eigenvalue weighted by molar-refractivity contribution is -0.384. The molecule has 0 fully saturated rings. The lowest BCUT2D eigenvalue weighted by Gasteiger charge is -2.10. The van der Waals surface area contributed by atoms with Gasteiger partial charge in [0, 0.05) is 23.2 Å². The molecule has 2 rings (SSSR count). The summed E-state index contributed by atoms with van der Waals surface area (Å²) in [5, 5.41) is 14.7. The molecule has 0 heterocycles. The summed E-state index contributed by atoms with van der Waals surface area (Å²) in [6, 6.07) is 9.84. The Kier molecular flexibility index (Phi) is 4.86. The largest absolute Gasteiger partial charge is 0.380 e. The lowest BCUT2D eigenvalue weighted by Crippen LogP contribution is -2.01. The Hall–Kier alpha value is -1.30. The fraction of sp³-hybridized carbons (Fsp3) is 0.0769. The SMILES string of the molecule is O=[N+]([O-])c1ccc(CNc2cc(Br)ccc2Cl)c(Cl)c1. The normalized spacial score (nSPS) is 10.3. The van der Waals surface area contributed by atoms with Crippen LogP contribution in [-0.4, -0.2) is 4.92 Å². The van der Waals surface area contributed by atoms with Gasteiger partial charge in [-0.25, -0.2) is 0 Å². The molecule has 0 bridgehead atoms. The molecule has 2 aromatic rings. The van der Waals surface area contributed by atoms with Crippen molar-refractivity contribution >= 4 is 50.5 Å². The van der Waals surface area contributed by atoms with Crippen molar-refractivity contribution in [1.82, 2.24) is 0 Å². The third kappa shape index (κ3) is 3.62. The fourth-order valence-corrected chi connectivity index (χ4v) is 2.40. The van der Waals surface area contributed by atoms with E-state index < -0.39 is 4.92 Å². The average Bonchev–Trinajstić information content (AvgIpc) is 2.40. The standard InChI is InChI=1S/C13H9BrCl2N2O2/c14-9-2-4-11(15)13(5-9)17-7-8-1-3-10(18(19)20)6-12(8)16/h1-6,17H,7H2. The topological polar surface area (TPSA) is 55.2 Å². The van der Waals surface area contributed by atoms with Crippen molar-refractivity contribution in [2.75, 3.05) is 5.32 Å². The first-order chi connectivity index (χ1) is 9.47. The molecule has 2 aromatic carbocycles. The van der Waals surface area contributed by atoms with Crippen LogP contribution in [0.5, 0.6) is 0 Å². The summed E-state index contributed by atoms with van der Waals surface area (Å²) in [6.07, 6.45) is 0. The molecular formula is C13H9BrCl2N2O2. The number of nitrogens with zero attached hydrogens (tertiary/aromatic N) is 1.